The lowest BCUT2D eigenvalue weighted by molar-refractivity contribution is 0.0209. The average molecular weight is 264 g/mol. The fourth-order valence-electron chi connectivity index (χ4n) is 3.02. The Hall–Kier alpha value is -1.42. The molecule has 0 saturated carbocycles. The van der Waals surface area contributed by atoms with E-state index in [4.69, 9.17) is 0 Å². The number of hydrogen-bond acceptors (Lipinski definition) is 1. The average Bonchev–Trinajstić information content (AvgIpc) is 2.66. The number of alkyl halides is 2. The van der Waals surface area contributed by atoms with Crippen LogP contribution in [0.5, 0.6) is 0 Å². The van der Waals surface area contributed by atoms with Gasteiger partial charge in [-0.1, -0.05) is 18.2 Å². The smallest absolute Gasteiger partial charge is 0.251 e. The van der Waals surface area contributed by atoms with Crippen LogP contribution in [0.3, 0.4) is 0 Å². The number of fused-ring (bicyclic) bond motifs is 3. The number of aromatic amines is 1. The minimum Gasteiger partial charge on any atom is -0.357 e. The predicted octanol–water partition coefficient (Wildman–Crippen LogP) is 3.57. The van der Waals surface area contributed by atoms with Gasteiger partial charge in [-0.25, -0.2) is 8.78 Å². The van der Waals surface area contributed by atoms with Crippen LogP contribution in [-0.2, 0) is 13.0 Å². The van der Waals surface area contributed by atoms with Crippen molar-refractivity contribution in [2.75, 3.05) is 6.54 Å². The van der Waals surface area contributed by atoms with Gasteiger partial charge in [-0.2, -0.15) is 0 Å². The van der Waals surface area contributed by atoms with E-state index >= 15 is 0 Å². The highest BCUT2D eigenvalue weighted by molar-refractivity contribution is 5.85. The zero-order valence-electron chi connectivity index (χ0n) is 11.2. The van der Waals surface area contributed by atoms with Gasteiger partial charge in [-0.3, -0.25) is 4.90 Å². The number of nitrogens with one attached hydrogen (secondary N) is 1. The molecule has 1 aliphatic rings. The van der Waals surface area contributed by atoms with Crippen molar-refractivity contribution in [2.24, 2.45) is 0 Å². The standard InChI is InChI=1S/C15H18F2N2/c1-15(2)7-11-10-5-3-4-6-12(10)18-13(11)8-19(15)9-14(16)17/h3-6,14,18H,7-9H2,1-2H3. The van der Waals surface area contributed by atoms with Crippen molar-refractivity contribution < 1.29 is 8.78 Å². The molecule has 1 aromatic heterocycles. The largest absolute Gasteiger partial charge is 0.357 e. The van der Waals surface area contributed by atoms with Crippen molar-refractivity contribution in [2.45, 2.75) is 38.8 Å². The molecular formula is C15H18F2N2. The fourth-order valence-corrected chi connectivity index (χ4v) is 3.02. The van der Waals surface area contributed by atoms with E-state index in [0.29, 0.717) is 6.54 Å². The molecule has 102 valence electrons. The molecule has 0 saturated heterocycles. The van der Waals surface area contributed by atoms with Gasteiger partial charge in [0.25, 0.3) is 6.43 Å². The Morgan fingerprint density at radius 1 is 1.32 bits per heavy atom. The molecule has 1 aliphatic heterocycles. The molecule has 0 fully saturated rings. The number of aromatic nitrogens is 1. The topological polar surface area (TPSA) is 19.0 Å². The van der Waals surface area contributed by atoms with E-state index in [1.54, 1.807) is 0 Å². The molecule has 0 amide bonds. The van der Waals surface area contributed by atoms with Crippen LogP contribution in [-0.4, -0.2) is 28.4 Å². The number of benzene rings is 1. The molecular weight excluding hydrogens is 246 g/mol. The third-order valence-electron chi connectivity index (χ3n) is 4.07. The van der Waals surface area contributed by atoms with Gasteiger partial charge in [-0.15, -0.1) is 0 Å². The van der Waals surface area contributed by atoms with Crippen LogP contribution in [0.4, 0.5) is 8.78 Å². The van der Waals surface area contributed by atoms with E-state index in [9.17, 15) is 8.78 Å². The van der Waals surface area contributed by atoms with E-state index in [0.717, 1.165) is 17.6 Å². The van der Waals surface area contributed by atoms with E-state index in [2.05, 4.69) is 11.1 Å². The first kappa shape index (κ1) is 12.6. The third kappa shape index (κ3) is 2.14. The monoisotopic (exact) mass is 264 g/mol. The van der Waals surface area contributed by atoms with Gasteiger partial charge in [0.1, 0.15) is 0 Å². The summed E-state index contributed by atoms with van der Waals surface area (Å²) in [6.07, 6.45) is -1.48. The lowest BCUT2D eigenvalue weighted by Gasteiger charge is -2.42. The van der Waals surface area contributed by atoms with Crippen LogP contribution in [0.2, 0.25) is 0 Å². The summed E-state index contributed by atoms with van der Waals surface area (Å²) in [7, 11) is 0. The van der Waals surface area contributed by atoms with Gasteiger partial charge in [0.05, 0.1) is 6.54 Å². The quantitative estimate of drug-likeness (QED) is 0.878. The van der Waals surface area contributed by atoms with Crippen molar-refractivity contribution in [3.8, 4) is 0 Å². The molecule has 2 aromatic rings. The Labute approximate surface area is 111 Å². The van der Waals surface area contributed by atoms with Gasteiger partial charge in [0, 0.05) is 28.7 Å². The summed E-state index contributed by atoms with van der Waals surface area (Å²) < 4.78 is 25.4. The Kier molecular flexibility index (Phi) is 2.86. The highest BCUT2D eigenvalue weighted by Gasteiger charge is 2.35. The van der Waals surface area contributed by atoms with Crippen LogP contribution in [0.1, 0.15) is 25.1 Å². The van der Waals surface area contributed by atoms with Crippen molar-refractivity contribution in [1.82, 2.24) is 9.88 Å². The normalized spacial score (nSPS) is 19.0. The molecule has 3 rings (SSSR count). The summed E-state index contributed by atoms with van der Waals surface area (Å²) >= 11 is 0. The minimum absolute atomic E-state index is 0.165. The van der Waals surface area contributed by atoms with Crippen molar-refractivity contribution in [1.29, 1.82) is 0 Å². The fraction of sp³-hybridized carbons (Fsp3) is 0.467. The summed E-state index contributed by atoms with van der Waals surface area (Å²) in [6, 6.07) is 8.16. The Morgan fingerprint density at radius 2 is 2.05 bits per heavy atom. The highest BCUT2D eigenvalue weighted by Crippen LogP contribution is 2.35. The summed E-state index contributed by atoms with van der Waals surface area (Å²) in [5, 5.41) is 1.22. The zero-order chi connectivity index (χ0) is 13.6. The van der Waals surface area contributed by atoms with Gasteiger partial charge in [-0.05, 0) is 31.9 Å². The maximum atomic E-state index is 12.7. The lowest BCUT2D eigenvalue weighted by atomic mass is 9.87. The summed E-state index contributed by atoms with van der Waals surface area (Å²) in [4.78, 5) is 5.24. The first-order valence-electron chi connectivity index (χ1n) is 6.59. The van der Waals surface area contributed by atoms with Crippen molar-refractivity contribution in [3.63, 3.8) is 0 Å². The van der Waals surface area contributed by atoms with Crippen LogP contribution in [0.15, 0.2) is 24.3 Å². The van der Waals surface area contributed by atoms with Gasteiger partial charge in [0.2, 0.25) is 0 Å². The zero-order valence-corrected chi connectivity index (χ0v) is 11.2. The van der Waals surface area contributed by atoms with Crippen LogP contribution < -0.4 is 0 Å². The SMILES string of the molecule is CC1(C)Cc2c([nH]c3ccccc23)CN1CC(F)F. The number of rotatable bonds is 2. The minimum atomic E-state index is -2.29. The van der Waals surface area contributed by atoms with Gasteiger partial charge < -0.3 is 4.98 Å². The lowest BCUT2D eigenvalue weighted by Crippen LogP contribution is -2.50. The van der Waals surface area contributed by atoms with Gasteiger partial charge in [0.15, 0.2) is 0 Å². The van der Waals surface area contributed by atoms with E-state index in [-0.39, 0.29) is 12.1 Å². The molecule has 1 aromatic carbocycles. The van der Waals surface area contributed by atoms with Gasteiger partial charge >= 0.3 is 0 Å². The Morgan fingerprint density at radius 3 is 2.79 bits per heavy atom. The molecule has 0 radical (unpaired) electrons. The second kappa shape index (κ2) is 4.30. The van der Waals surface area contributed by atoms with Crippen LogP contribution in [0, 0.1) is 0 Å². The molecule has 0 bridgehead atoms. The number of nitrogens with zero attached hydrogens (tertiary/aromatic N) is 1. The maximum absolute atomic E-state index is 12.7. The molecule has 19 heavy (non-hydrogen) atoms. The maximum Gasteiger partial charge on any atom is 0.251 e. The van der Waals surface area contributed by atoms with E-state index in [1.165, 1.54) is 10.9 Å². The molecule has 2 heterocycles. The Balaban J connectivity index is 2.03. The highest BCUT2D eigenvalue weighted by atomic mass is 19.3. The van der Waals surface area contributed by atoms with Crippen molar-refractivity contribution >= 4 is 10.9 Å². The van der Waals surface area contributed by atoms with Crippen LogP contribution in [0.25, 0.3) is 10.9 Å². The first-order valence-corrected chi connectivity index (χ1v) is 6.59. The number of hydrogen-bond donors (Lipinski definition) is 1. The first-order chi connectivity index (χ1) is 8.97. The molecule has 0 atom stereocenters. The predicted molar refractivity (Wildman–Crippen MR) is 72.5 cm³/mol. The molecule has 2 nitrogen and oxygen atoms in total. The molecule has 0 aliphatic carbocycles. The summed E-state index contributed by atoms with van der Waals surface area (Å²) in [5.41, 5.74) is 3.24. The second-order valence-corrected chi connectivity index (χ2v) is 5.89. The number of H-pyrrole nitrogens is 1. The van der Waals surface area contributed by atoms with Crippen molar-refractivity contribution in [3.05, 3.63) is 35.5 Å². The molecule has 4 heteroatoms. The number of para-hydroxylation sites is 1. The third-order valence-corrected chi connectivity index (χ3v) is 4.07. The second-order valence-electron chi connectivity index (χ2n) is 5.89. The van der Waals surface area contributed by atoms with E-state index in [1.807, 2.05) is 36.9 Å². The Bertz CT molecular complexity index is 601. The summed E-state index contributed by atoms with van der Waals surface area (Å²) in [5.74, 6) is 0. The van der Waals surface area contributed by atoms with E-state index < -0.39 is 6.43 Å². The molecule has 1 N–H and O–H groups in total. The molecule has 0 spiro atoms. The molecule has 0 unspecified atom stereocenters. The summed E-state index contributed by atoms with van der Waals surface area (Å²) in [6.45, 7) is 4.49. The van der Waals surface area contributed by atoms with Crippen LogP contribution >= 0.6 is 0 Å². The number of halogens is 2.